The van der Waals surface area contributed by atoms with E-state index in [1.54, 1.807) is 0 Å². The molecule has 0 aliphatic rings. The van der Waals surface area contributed by atoms with Gasteiger partial charge in [0.05, 0.1) is 6.54 Å². The summed E-state index contributed by atoms with van der Waals surface area (Å²) >= 11 is 0. The van der Waals surface area contributed by atoms with Crippen LogP contribution < -0.4 is 0 Å². The number of nitrogens with zero attached hydrogens (tertiary/aromatic N) is 1. The first kappa shape index (κ1) is 17.9. The van der Waals surface area contributed by atoms with E-state index in [0.717, 1.165) is 12.1 Å². The molecule has 0 unspecified atom stereocenters. The number of Topliss-reactive ketones (excluding diaryl/α,β-unsaturated/α-hetero) is 1. The van der Waals surface area contributed by atoms with Crippen LogP contribution in [0.2, 0.25) is 0 Å². The van der Waals surface area contributed by atoms with Gasteiger partial charge in [-0.1, -0.05) is 57.9 Å². The van der Waals surface area contributed by atoms with E-state index in [1.807, 2.05) is 12.1 Å². The van der Waals surface area contributed by atoms with Crippen LogP contribution in [0.1, 0.15) is 75.7 Å². The number of ketones is 1. The number of carbonyl (C=O) groups is 1. The summed E-state index contributed by atoms with van der Waals surface area (Å²) in [5, 5.41) is 0. The third kappa shape index (κ3) is 6.01. The maximum Gasteiger partial charge on any atom is 0.176 e. The van der Waals surface area contributed by atoms with Crippen LogP contribution in [0.15, 0.2) is 24.3 Å². The highest BCUT2D eigenvalue weighted by atomic mass is 16.1. The van der Waals surface area contributed by atoms with E-state index in [1.165, 1.54) is 24.8 Å². The summed E-state index contributed by atoms with van der Waals surface area (Å²) < 4.78 is 0. The molecule has 2 nitrogen and oxygen atoms in total. The van der Waals surface area contributed by atoms with Gasteiger partial charge in [0.15, 0.2) is 5.78 Å². The monoisotopic (exact) mass is 289 g/mol. The zero-order chi connectivity index (χ0) is 15.8. The third-order valence-electron chi connectivity index (χ3n) is 4.03. The number of benzene rings is 1. The maximum atomic E-state index is 12.4. The molecule has 1 rings (SSSR count). The van der Waals surface area contributed by atoms with Gasteiger partial charge in [-0.25, -0.2) is 0 Å². The molecule has 0 radical (unpaired) electrons. The Kier molecular flexibility index (Phi) is 7.66. The lowest BCUT2D eigenvalue weighted by Gasteiger charge is -2.25. The highest BCUT2D eigenvalue weighted by Gasteiger charge is 2.15. The molecule has 0 aliphatic carbocycles. The molecule has 0 aromatic heterocycles. The fourth-order valence-corrected chi connectivity index (χ4v) is 2.41. The summed E-state index contributed by atoms with van der Waals surface area (Å²) in [5.41, 5.74) is 2.12. The number of carbonyl (C=O) groups excluding carboxylic acids is 1. The Bertz CT molecular complexity index is 420. The van der Waals surface area contributed by atoms with Gasteiger partial charge in [-0.2, -0.15) is 0 Å². The summed E-state index contributed by atoms with van der Waals surface area (Å²) in [7, 11) is 0. The Balaban J connectivity index is 2.63. The molecule has 118 valence electrons. The fourth-order valence-electron chi connectivity index (χ4n) is 2.41. The van der Waals surface area contributed by atoms with Gasteiger partial charge in [-0.15, -0.1) is 0 Å². The van der Waals surface area contributed by atoms with Crippen molar-refractivity contribution in [1.29, 1.82) is 0 Å². The molecular formula is C19H31NO. The molecule has 0 aliphatic heterocycles. The van der Waals surface area contributed by atoms with E-state index in [2.05, 4.69) is 51.7 Å². The number of rotatable bonds is 9. The van der Waals surface area contributed by atoms with Crippen molar-refractivity contribution in [3.8, 4) is 0 Å². The lowest BCUT2D eigenvalue weighted by molar-refractivity contribution is 0.0904. The Morgan fingerprint density at radius 3 is 2.14 bits per heavy atom. The van der Waals surface area contributed by atoms with Gasteiger partial charge in [-0.3, -0.25) is 9.69 Å². The normalized spacial score (nSPS) is 11.6. The van der Waals surface area contributed by atoms with Crippen molar-refractivity contribution in [2.75, 3.05) is 13.1 Å². The molecule has 0 spiro atoms. The van der Waals surface area contributed by atoms with Crippen molar-refractivity contribution in [3.05, 3.63) is 35.4 Å². The second kappa shape index (κ2) is 8.99. The van der Waals surface area contributed by atoms with Crippen molar-refractivity contribution < 1.29 is 4.79 Å². The van der Waals surface area contributed by atoms with Crippen molar-refractivity contribution in [1.82, 2.24) is 4.90 Å². The Morgan fingerprint density at radius 2 is 1.67 bits per heavy atom. The number of hydrogen-bond donors (Lipinski definition) is 0. The first-order valence-electron chi connectivity index (χ1n) is 8.32. The minimum absolute atomic E-state index is 0.232. The topological polar surface area (TPSA) is 20.3 Å². The summed E-state index contributed by atoms with van der Waals surface area (Å²) in [6.07, 6.45) is 3.63. The summed E-state index contributed by atoms with van der Waals surface area (Å²) in [6.45, 7) is 12.4. The highest BCUT2D eigenvalue weighted by molar-refractivity contribution is 5.97. The van der Waals surface area contributed by atoms with Crippen LogP contribution >= 0.6 is 0 Å². The van der Waals surface area contributed by atoms with Crippen LogP contribution in [0.3, 0.4) is 0 Å². The fraction of sp³-hybridized carbons (Fsp3) is 0.632. The predicted molar refractivity (Wildman–Crippen MR) is 91.1 cm³/mol. The lowest BCUT2D eigenvalue weighted by atomic mass is 10.0. The van der Waals surface area contributed by atoms with Gasteiger partial charge >= 0.3 is 0 Å². The first-order valence-corrected chi connectivity index (χ1v) is 8.32. The highest BCUT2D eigenvalue weighted by Crippen LogP contribution is 2.15. The molecule has 0 bridgehead atoms. The van der Waals surface area contributed by atoms with Crippen LogP contribution in [-0.4, -0.2) is 29.8 Å². The van der Waals surface area contributed by atoms with Crippen molar-refractivity contribution in [3.63, 3.8) is 0 Å². The quantitative estimate of drug-likeness (QED) is 0.476. The SMILES string of the molecule is CCCCCN(CC(=O)c1ccc(C(C)C)cc1)C(C)C. The first-order chi connectivity index (χ1) is 9.95. The van der Waals surface area contributed by atoms with Crippen molar-refractivity contribution in [2.45, 2.75) is 65.8 Å². The van der Waals surface area contributed by atoms with E-state index in [-0.39, 0.29) is 5.78 Å². The van der Waals surface area contributed by atoms with Crippen molar-refractivity contribution in [2.24, 2.45) is 0 Å². The molecular weight excluding hydrogens is 258 g/mol. The molecule has 2 heteroatoms. The molecule has 21 heavy (non-hydrogen) atoms. The zero-order valence-corrected chi connectivity index (χ0v) is 14.4. The molecule has 1 aromatic carbocycles. The second-order valence-corrected chi connectivity index (χ2v) is 6.47. The summed E-state index contributed by atoms with van der Waals surface area (Å²) in [6, 6.07) is 8.52. The van der Waals surface area contributed by atoms with Gasteiger partial charge in [0, 0.05) is 11.6 Å². The van der Waals surface area contributed by atoms with Crippen molar-refractivity contribution >= 4 is 5.78 Å². The van der Waals surface area contributed by atoms with Gasteiger partial charge in [0.2, 0.25) is 0 Å². The Labute approximate surface area is 130 Å². The van der Waals surface area contributed by atoms with E-state index in [9.17, 15) is 4.79 Å². The summed E-state index contributed by atoms with van der Waals surface area (Å²) in [4.78, 5) is 14.7. The second-order valence-electron chi connectivity index (χ2n) is 6.47. The van der Waals surface area contributed by atoms with E-state index in [4.69, 9.17) is 0 Å². The average Bonchev–Trinajstić information content (AvgIpc) is 2.46. The predicted octanol–water partition coefficient (Wildman–Crippen LogP) is 4.89. The number of hydrogen-bond acceptors (Lipinski definition) is 2. The lowest BCUT2D eigenvalue weighted by Crippen LogP contribution is -2.36. The molecule has 0 N–H and O–H groups in total. The minimum Gasteiger partial charge on any atom is -0.293 e. The standard InChI is InChI=1S/C19H31NO/c1-6-7-8-13-20(16(4)5)14-19(21)18-11-9-17(10-12-18)15(2)3/h9-12,15-16H,6-8,13-14H2,1-5H3. The molecule has 1 aromatic rings. The Hall–Kier alpha value is -1.15. The van der Waals surface area contributed by atoms with Gasteiger partial charge < -0.3 is 0 Å². The smallest absolute Gasteiger partial charge is 0.176 e. The van der Waals surface area contributed by atoms with Gasteiger partial charge in [-0.05, 0) is 38.3 Å². The van der Waals surface area contributed by atoms with E-state index < -0.39 is 0 Å². The third-order valence-corrected chi connectivity index (χ3v) is 4.03. The average molecular weight is 289 g/mol. The molecule has 0 heterocycles. The molecule has 0 amide bonds. The van der Waals surface area contributed by atoms with Crippen LogP contribution in [0.5, 0.6) is 0 Å². The number of unbranched alkanes of at least 4 members (excludes halogenated alkanes) is 2. The molecule has 0 fully saturated rings. The van der Waals surface area contributed by atoms with Gasteiger partial charge in [0.25, 0.3) is 0 Å². The summed E-state index contributed by atoms with van der Waals surface area (Å²) in [5.74, 6) is 0.742. The van der Waals surface area contributed by atoms with E-state index in [0.29, 0.717) is 18.5 Å². The van der Waals surface area contributed by atoms with Crippen LogP contribution in [0.4, 0.5) is 0 Å². The minimum atomic E-state index is 0.232. The van der Waals surface area contributed by atoms with Gasteiger partial charge in [0.1, 0.15) is 0 Å². The van der Waals surface area contributed by atoms with E-state index >= 15 is 0 Å². The largest absolute Gasteiger partial charge is 0.293 e. The molecule has 0 saturated carbocycles. The Morgan fingerprint density at radius 1 is 1.05 bits per heavy atom. The molecule has 0 atom stereocenters. The van der Waals surface area contributed by atoms with Crippen LogP contribution in [0.25, 0.3) is 0 Å². The zero-order valence-electron chi connectivity index (χ0n) is 14.4. The van der Waals surface area contributed by atoms with Crippen LogP contribution in [0, 0.1) is 0 Å². The molecule has 0 saturated heterocycles. The van der Waals surface area contributed by atoms with Crippen LogP contribution in [-0.2, 0) is 0 Å². The maximum absolute atomic E-state index is 12.4.